The van der Waals surface area contributed by atoms with E-state index in [0.29, 0.717) is 5.82 Å². The smallest absolute Gasteiger partial charge is 0.269 e. The van der Waals surface area contributed by atoms with Crippen LogP contribution in [-0.2, 0) is 0 Å². The van der Waals surface area contributed by atoms with Crippen molar-refractivity contribution in [3.63, 3.8) is 0 Å². The number of likely N-dealkylation sites (tertiary alicyclic amines) is 1. The number of nitrogens with zero attached hydrogens (tertiary/aromatic N) is 5. The maximum atomic E-state index is 13.3. The van der Waals surface area contributed by atoms with Crippen LogP contribution in [-0.4, -0.2) is 51.8 Å². The van der Waals surface area contributed by atoms with Crippen LogP contribution in [0.25, 0.3) is 5.69 Å². The molecule has 0 radical (unpaired) electrons. The molecule has 3 aromatic rings. The van der Waals surface area contributed by atoms with Crippen LogP contribution in [0, 0.1) is 6.92 Å². The van der Waals surface area contributed by atoms with Gasteiger partial charge in [0.05, 0.1) is 10.6 Å². The Morgan fingerprint density at radius 1 is 1.26 bits per heavy atom. The summed E-state index contributed by atoms with van der Waals surface area (Å²) < 4.78 is 1.83. The number of anilines is 1. The van der Waals surface area contributed by atoms with Crippen LogP contribution in [0.5, 0.6) is 0 Å². The van der Waals surface area contributed by atoms with Gasteiger partial charge in [-0.25, -0.2) is 4.68 Å². The second-order valence-electron chi connectivity index (χ2n) is 6.97. The molecule has 0 spiro atoms. The number of thiophene rings is 1. The minimum Gasteiger partial charge on any atom is -0.306 e. The number of hydrogen-bond acceptors (Lipinski definition) is 5. The fraction of sp³-hybridized carbons (Fsp3) is 0.350. The summed E-state index contributed by atoms with van der Waals surface area (Å²) >= 11 is 1.48. The summed E-state index contributed by atoms with van der Waals surface area (Å²) in [4.78, 5) is 22.4. The molecule has 3 aromatic heterocycles. The average Bonchev–Trinajstić information content (AvgIpc) is 3.36. The Balaban J connectivity index is 1.69. The van der Waals surface area contributed by atoms with E-state index in [4.69, 9.17) is 5.10 Å². The zero-order valence-electron chi connectivity index (χ0n) is 15.6. The number of pyridine rings is 1. The molecule has 0 aliphatic carbocycles. The maximum absolute atomic E-state index is 13.3. The van der Waals surface area contributed by atoms with E-state index in [-0.39, 0.29) is 11.9 Å². The lowest BCUT2D eigenvalue weighted by Gasteiger charge is -2.36. The van der Waals surface area contributed by atoms with E-state index in [2.05, 4.69) is 16.9 Å². The molecule has 0 atom stereocenters. The monoisotopic (exact) mass is 381 g/mol. The third-order valence-corrected chi connectivity index (χ3v) is 5.92. The quantitative estimate of drug-likeness (QED) is 0.695. The molecule has 1 aliphatic heterocycles. The van der Waals surface area contributed by atoms with E-state index in [9.17, 15) is 4.79 Å². The van der Waals surface area contributed by atoms with Crippen molar-refractivity contribution < 1.29 is 4.79 Å². The van der Waals surface area contributed by atoms with Crippen molar-refractivity contribution in [3.8, 4) is 5.69 Å². The molecular weight excluding hydrogens is 358 g/mol. The second kappa shape index (κ2) is 7.62. The van der Waals surface area contributed by atoms with E-state index in [1.54, 1.807) is 6.20 Å². The molecule has 1 saturated heterocycles. The Hall–Kier alpha value is -2.51. The first-order valence-corrected chi connectivity index (χ1v) is 10.0. The van der Waals surface area contributed by atoms with Gasteiger partial charge in [-0.1, -0.05) is 6.07 Å². The predicted octanol–water partition coefficient (Wildman–Crippen LogP) is 3.38. The molecule has 1 aliphatic rings. The molecule has 6 nitrogen and oxygen atoms in total. The van der Waals surface area contributed by atoms with Crippen LogP contribution in [0.4, 0.5) is 5.82 Å². The summed E-state index contributed by atoms with van der Waals surface area (Å²) in [5.41, 5.74) is 2.02. The first kappa shape index (κ1) is 17.9. The molecule has 0 saturated carbocycles. The van der Waals surface area contributed by atoms with Crippen molar-refractivity contribution in [1.82, 2.24) is 19.7 Å². The Morgan fingerprint density at radius 3 is 2.78 bits per heavy atom. The van der Waals surface area contributed by atoms with Crippen molar-refractivity contribution in [2.45, 2.75) is 25.8 Å². The lowest BCUT2D eigenvalue weighted by molar-refractivity contribution is 0.0966. The molecule has 1 amide bonds. The van der Waals surface area contributed by atoms with Gasteiger partial charge in [-0.2, -0.15) is 0 Å². The van der Waals surface area contributed by atoms with Gasteiger partial charge in [0, 0.05) is 30.7 Å². The molecule has 1 fully saturated rings. The first-order chi connectivity index (χ1) is 13.1. The minimum atomic E-state index is 0.0382. The SMILES string of the molecule is Cc1cnccc1-n1ccc(N(C(=O)c2cccs2)C2CCN(C)CC2)n1. The number of hydrogen-bond donors (Lipinski definition) is 0. The normalized spacial score (nSPS) is 15.8. The molecule has 140 valence electrons. The van der Waals surface area contributed by atoms with Crippen LogP contribution in [0.1, 0.15) is 28.1 Å². The lowest BCUT2D eigenvalue weighted by atomic mass is 10.0. The molecule has 0 bridgehead atoms. The second-order valence-corrected chi connectivity index (χ2v) is 7.92. The Kier molecular flexibility index (Phi) is 5.05. The van der Waals surface area contributed by atoms with E-state index in [1.165, 1.54) is 11.3 Å². The van der Waals surface area contributed by atoms with Crippen molar-refractivity contribution >= 4 is 23.1 Å². The molecule has 4 rings (SSSR count). The van der Waals surface area contributed by atoms with Gasteiger partial charge in [0.15, 0.2) is 5.82 Å². The highest BCUT2D eigenvalue weighted by molar-refractivity contribution is 7.12. The molecule has 0 unspecified atom stereocenters. The van der Waals surface area contributed by atoms with Gasteiger partial charge in [0.25, 0.3) is 5.91 Å². The number of aryl methyl sites for hydroxylation is 1. The number of rotatable bonds is 4. The zero-order chi connectivity index (χ0) is 18.8. The first-order valence-electron chi connectivity index (χ1n) is 9.16. The summed E-state index contributed by atoms with van der Waals surface area (Å²) in [6.45, 7) is 3.99. The average molecular weight is 382 g/mol. The molecular formula is C20H23N5OS. The van der Waals surface area contributed by atoms with E-state index < -0.39 is 0 Å². The van der Waals surface area contributed by atoms with E-state index >= 15 is 0 Å². The topological polar surface area (TPSA) is 54.3 Å². The van der Waals surface area contributed by atoms with Gasteiger partial charge in [0.1, 0.15) is 0 Å². The maximum Gasteiger partial charge on any atom is 0.269 e. The lowest BCUT2D eigenvalue weighted by Crippen LogP contribution is -2.47. The van der Waals surface area contributed by atoms with Crippen molar-refractivity contribution in [2.75, 3.05) is 25.0 Å². The van der Waals surface area contributed by atoms with Gasteiger partial charge < -0.3 is 4.90 Å². The molecule has 0 N–H and O–H groups in total. The van der Waals surface area contributed by atoms with Gasteiger partial charge in [-0.3, -0.25) is 14.7 Å². The van der Waals surface area contributed by atoms with Gasteiger partial charge in [0.2, 0.25) is 0 Å². The molecule has 7 heteroatoms. The highest BCUT2D eigenvalue weighted by Gasteiger charge is 2.31. The van der Waals surface area contributed by atoms with Gasteiger partial charge in [-0.15, -0.1) is 16.4 Å². The molecule has 4 heterocycles. The Labute approximate surface area is 163 Å². The van der Waals surface area contributed by atoms with Gasteiger partial charge >= 0.3 is 0 Å². The fourth-order valence-electron chi connectivity index (χ4n) is 3.53. The third kappa shape index (κ3) is 3.65. The van der Waals surface area contributed by atoms with Crippen molar-refractivity contribution in [3.05, 3.63) is 58.7 Å². The molecule has 27 heavy (non-hydrogen) atoms. The van der Waals surface area contributed by atoms with E-state index in [1.807, 2.05) is 58.5 Å². The highest BCUT2D eigenvalue weighted by Crippen LogP contribution is 2.26. The third-order valence-electron chi connectivity index (χ3n) is 5.06. The van der Waals surface area contributed by atoms with Crippen molar-refractivity contribution in [1.29, 1.82) is 0 Å². The van der Waals surface area contributed by atoms with E-state index in [0.717, 1.165) is 42.1 Å². The fourth-order valence-corrected chi connectivity index (χ4v) is 4.19. The van der Waals surface area contributed by atoms with Crippen LogP contribution >= 0.6 is 11.3 Å². The van der Waals surface area contributed by atoms with Crippen LogP contribution < -0.4 is 4.90 Å². The Bertz CT molecular complexity index is 912. The van der Waals surface area contributed by atoms with Crippen LogP contribution in [0.2, 0.25) is 0 Å². The predicted molar refractivity (Wildman–Crippen MR) is 108 cm³/mol. The standard InChI is InChI=1S/C20H23N5OS/c1-15-14-21-9-5-17(15)24-12-8-19(22-24)25(16-6-10-23(2)11-7-16)20(26)18-4-3-13-27-18/h3-5,8-9,12-14,16H,6-7,10-11H2,1-2H3. The van der Waals surface area contributed by atoms with Gasteiger partial charge in [-0.05, 0) is 63.0 Å². The largest absolute Gasteiger partial charge is 0.306 e. The number of carbonyl (C=O) groups excluding carboxylic acids is 1. The summed E-state index contributed by atoms with van der Waals surface area (Å²) in [5, 5.41) is 6.70. The summed E-state index contributed by atoms with van der Waals surface area (Å²) in [6, 6.07) is 7.84. The summed E-state index contributed by atoms with van der Waals surface area (Å²) in [6.07, 6.45) is 7.41. The van der Waals surface area contributed by atoms with Crippen LogP contribution in [0.15, 0.2) is 48.2 Å². The van der Waals surface area contributed by atoms with Crippen LogP contribution in [0.3, 0.4) is 0 Å². The number of amides is 1. The molecule has 0 aromatic carbocycles. The zero-order valence-corrected chi connectivity index (χ0v) is 16.4. The summed E-state index contributed by atoms with van der Waals surface area (Å²) in [5.74, 6) is 0.746. The number of piperidine rings is 1. The Morgan fingerprint density at radius 2 is 2.07 bits per heavy atom. The minimum absolute atomic E-state index is 0.0382. The highest BCUT2D eigenvalue weighted by atomic mass is 32.1. The number of carbonyl (C=O) groups is 1. The number of aromatic nitrogens is 3. The summed E-state index contributed by atoms with van der Waals surface area (Å²) in [7, 11) is 2.13. The van der Waals surface area contributed by atoms with Crippen molar-refractivity contribution in [2.24, 2.45) is 0 Å².